The molecule has 0 spiro atoms. The molecule has 3 heteroatoms. The van der Waals surface area contributed by atoms with Crippen molar-refractivity contribution >= 4 is 24.0 Å². The number of aryl methyl sites for hydroxylation is 1. The van der Waals surface area contributed by atoms with Crippen molar-refractivity contribution in [2.24, 2.45) is 0 Å². The van der Waals surface area contributed by atoms with Crippen LogP contribution in [0, 0.1) is 6.92 Å². The second kappa shape index (κ2) is 2.71. The minimum absolute atomic E-state index is 0.330. The summed E-state index contributed by atoms with van der Waals surface area (Å²) in [6, 6.07) is 0. The molecule has 0 aromatic carbocycles. The van der Waals surface area contributed by atoms with Crippen molar-refractivity contribution in [3.8, 4) is 0 Å². The van der Waals surface area contributed by atoms with Gasteiger partial charge in [0.1, 0.15) is 0 Å². The molecule has 0 radical (unpaired) electrons. The van der Waals surface area contributed by atoms with Gasteiger partial charge in [-0.3, -0.25) is 0 Å². The van der Waals surface area contributed by atoms with Crippen molar-refractivity contribution in [1.82, 2.24) is 4.98 Å². The Labute approximate surface area is 64.5 Å². The minimum Gasteiger partial charge on any atom is -0.250 e. The van der Waals surface area contributed by atoms with Gasteiger partial charge in [0.05, 0.1) is 5.01 Å². The first-order valence-electron chi connectivity index (χ1n) is 2.80. The third-order valence-corrected chi connectivity index (χ3v) is 2.60. The third-order valence-electron chi connectivity index (χ3n) is 1.05. The second-order valence-corrected chi connectivity index (χ2v) is 4.00. The van der Waals surface area contributed by atoms with Crippen LogP contribution in [0.5, 0.6) is 0 Å². The van der Waals surface area contributed by atoms with Crippen LogP contribution in [0.4, 0.5) is 0 Å². The maximum Gasteiger partial charge on any atom is 0.0897 e. The summed E-state index contributed by atoms with van der Waals surface area (Å²) in [6.07, 6.45) is 1.89. The summed E-state index contributed by atoms with van der Waals surface area (Å²) in [4.78, 5) is 5.35. The third kappa shape index (κ3) is 1.69. The number of nitrogens with zero attached hydrogens (tertiary/aromatic N) is 1. The fourth-order valence-electron chi connectivity index (χ4n) is 0.571. The zero-order valence-corrected chi connectivity index (χ0v) is 7.17. The highest BCUT2D eigenvalue weighted by Gasteiger charge is 2.01. The fraction of sp³-hybridized carbons (Fsp3) is 0.500. The van der Waals surface area contributed by atoms with Gasteiger partial charge in [-0.25, -0.2) is 4.98 Å². The number of rotatable bonds is 1. The lowest BCUT2D eigenvalue weighted by atomic mass is 10.4. The largest absolute Gasteiger partial charge is 0.250 e. The van der Waals surface area contributed by atoms with Crippen LogP contribution in [0.3, 0.4) is 0 Å². The molecule has 0 aliphatic carbocycles. The van der Waals surface area contributed by atoms with Gasteiger partial charge in [-0.2, -0.15) is 12.6 Å². The van der Waals surface area contributed by atoms with Gasteiger partial charge in [0.2, 0.25) is 0 Å². The molecule has 1 heterocycles. The lowest BCUT2D eigenvalue weighted by molar-refractivity contribution is 1.13. The van der Waals surface area contributed by atoms with Gasteiger partial charge in [-0.05, 0) is 13.8 Å². The van der Waals surface area contributed by atoms with Gasteiger partial charge in [0.25, 0.3) is 0 Å². The Morgan fingerprint density at radius 1 is 1.78 bits per heavy atom. The van der Waals surface area contributed by atoms with Crippen LogP contribution in [-0.2, 0) is 0 Å². The van der Waals surface area contributed by atoms with Crippen LogP contribution < -0.4 is 0 Å². The van der Waals surface area contributed by atoms with Gasteiger partial charge in [-0.15, -0.1) is 11.3 Å². The molecule has 1 aromatic heterocycles. The number of thiol groups is 1. The molecule has 0 saturated heterocycles. The topological polar surface area (TPSA) is 12.9 Å². The zero-order valence-electron chi connectivity index (χ0n) is 5.46. The minimum atomic E-state index is 0.330. The van der Waals surface area contributed by atoms with Crippen molar-refractivity contribution < 1.29 is 0 Å². The van der Waals surface area contributed by atoms with Crippen LogP contribution in [0.2, 0.25) is 0 Å². The normalized spacial score (nSPS) is 13.7. The van der Waals surface area contributed by atoms with Crippen LogP contribution >= 0.6 is 24.0 Å². The van der Waals surface area contributed by atoms with Crippen molar-refractivity contribution in [3.63, 3.8) is 0 Å². The summed E-state index contributed by atoms with van der Waals surface area (Å²) < 4.78 is 0. The lowest BCUT2D eigenvalue weighted by Crippen LogP contribution is -1.73. The monoisotopic (exact) mass is 159 g/mol. The molecule has 1 unspecified atom stereocenters. The Balaban J connectivity index is 2.85. The molecule has 50 valence electrons. The molecular formula is C6H9NS2. The van der Waals surface area contributed by atoms with E-state index in [1.54, 1.807) is 11.3 Å². The summed E-state index contributed by atoms with van der Waals surface area (Å²) in [5.41, 5.74) is 0. The number of aromatic nitrogens is 1. The number of thiazole rings is 1. The quantitative estimate of drug-likeness (QED) is 0.621. The average molecular weight is 159 g/mol. The molecule has 1 rings (SSSR count). The van der Waals surface area contributed by atoms with Crippen molar-refractivity contribution in [2.45, 2.75) is 19.1 Å². The van der Waals surface area contributed by atoms with Gasteiger partial charge < -0.3 is 0 Å². The van der Waals surface area contributed by atoms with Crippen LogP contribution in [0.25, 0.3) is 0 Å². The Bertz CT molecular complexity index is 193. The van der Waals surface area contributed by atoms with E-state index in [0.29, 0.717) is 5.25 Å². The standard InChI is InChI=1S/C6H9NS2/c1-4(8)6-3-7-5(2)9-6/h3-4,8H,1-2H3. The highest BCUT2D eigenvalue weighted by molar-refractivity contribution is 7.80. The fourth-order valence-corrected chi connectivity index (χ4v) is 1.52. The Morgan fingerprint density at radius 2 is 2.44 bits per heavy atom. The number of hydrogen-bond acceptors (Lipinski definition) is 3. The predicted octanol–water partition coefficient (Wildman–Crippen LogP) is 2.44. The molecule has 0 saturated carbocycles. The first-order valence-corrected chi connectivity index (χ1v) is 4.14. The Morgan fingerprint density at radius 3 is 2.67 bits per heavy atom. The summed E-state index contributed by atoms with van der Waals surface area (Å²) in [5, 5.41) is 1.45. The highest BCUT2D eigenvalue weighted by atomic mass is 32.1. The van der Waals surface area contributed by atoms with E-state index in [1.807, 2.05) is 13.1 Å². The molecule has 0 fully saturated rings. The van der Waals surface area contributed by atoms with E-state index in [1.165, 1.54) is 4.88 Å². The van der Waals surface area contributed by atoms with Crippen LogP contribution in [0.1, 0.15) is 22.1 Å². The Kier molecular flexibility index (Phi) is 2.13. The number of hydrogen-bond donors (Lipinski definition) is 1. The molecule has 0 aliphatic rings. The SMILES string of the molecule is Cc1ncc(C(C)S)s1. The van der Waals surface area contributed by atoms with Crippen LogP contribution in [0.15, 0.2) is 6.20 Å². The van der Waals surface area contributed by atoms with Gasteiger partial charge in [0.15, 0.2) is 0 Å². The first kappa shape index (κ1) is 7.09. The van der Waals surface area contributed by atoms with Gasteiger partial charge in [0, 0.05) is 16.3 Å². The summed E-state index contributed by atoms with van der Waals surface area (Å²) in [6.45, 7) is 4.06. The van der Waals surface area contributed by atoms with Crippen molar-refractivity contribution in [2.75, 3.05) is 0 Å². The molecule has 0 aliphatic heterocycles. The zero-order chi connectivity index (χ0) is 6.85. The Hall–Kier alpha value is -0.0200. The molecule has 1 nitrogen and oxygen atoms in total. The van der Waals surface area contributed by atoms with E-state index in [2.05, 4.69) is 24.5 Å². The van der Waals surface area contributed by atoms with E-state index in [0.717, 1.165) is 5.01 Å². The molecule has 0 bridgehead atoms. The van der Waals surface area contributed by atoms with E-state index in [4.69, 9.17) is 0 Å². The lowest BCUT2D eigenvalue weighted by Gasteiger charge is -1.94. The first-order chi connectivity index (χ1) is 4.20. The summed E-state index contributed by atoms with van der Waals surface area (Å²) >= 11 is 5.98. The summed E-state index contributed by atoms with van der Waals surface area (Å²) in [7, 11) is 0. The maximum atomic E-state index is 4.27. The van der Waals surface area contributed by atoms with E-state index >= 15 is 0 Å². The molecule has 0 amide bonds. The van der Waals surface area contributed by atoms with Gasteiger partial charge in [-0.1, -0.05) is 0 Å². The second-order valence-electron chi connectivity index (χ2n) is 1.96. The maximum absolute atomic E-state index is 4.27. The molecule has 1 aromatic rings. The van der Waals surface area contributed by atoms with E-state index in [-0.39, 0.29) is 0 Å². The predicted molar refractivity (Wildman–Crippen MR) is 44.3 cm³/mol. The molecule has 1 atom stereocenters. The summed E-state index contributed by atoms with van der Waals surface area (Å²) in [5.74, 6) is 0. The van der Waals surface area contributed by atoms with E-state index in [9.17, 15) is 0 Å². The van der Waals surface area contributed by atoms with Crippen molar-refractivity contribution in [3.05, 3.63) is 16.1 Å². The average Bonchev–Trinajstić information content (AvgIpc) is 2.14. The molecular weight excluding hydrogens is 150 g/mol. The highest BCUT2D eigenvalue weighted by Crippen LogP contribution is 2.23. The van der Waals surface area contributed by atoms with E-state index < -0.39 is 0 Å². The van der Waals surface area contributed by atoms with Crippen LogP contribution in [-0.4, -0.2) is 4.98 Å². The van der Waals surface area contributed by atoms with Crippen molar-refractivity contribution in [1.29, 1.82) is 0 Å². The smallest absolute Gasteiger partial charge is 0.0897 e. The molecule has 0 N–H and O–H groups in total. The molecule has 9 heavy (non-hydrogen) atoms. The van der Waals surface area contributed by atoms with Gasteiger partial charge >= 0.3 is 0 Å².